The Balaban J connectivity index is 1.85. The number of H-pyrrole nitrogens is 2. The molecule has 0 aliphatic rings. The molecule has 0 amide bonds. The van der Waals surface area contributed by atoms with Crippen LogP contribution < -0.4 is 0 Å². The first-order chi connectivity index (χ1) is 11.6. The number of rotatable bonds is 2. The van der Waals surface area contributed by atoms with E-state index in [9.17, 15) is 5.26 Å². The smallest absolute Gasteiger partial charge is 0.149 e. The summed E-state index contributed by atoms with van der Waals surface area (Å²) < 4.78 is 1.00. The summed E-state index contributed by atoms with van der Waals surface area (Å²) in [6.45, 7) is 2.03. The molecule has 2 N–H and O–H groups in total. The molecule has 0 bridgehead atoms. The fourth-order valence-corrected chi connectivity index (χ4v) is 3.16. The van der Waals surface area contributed by atoms with Gasteiger partial charge in [0.05, 0.1) is 16.6 Å². The highest BCUT2D eigenvalue weighted by Crippen LogP contribution is 2.26. The molecule has 2 heterocycles. The Morgan fingerprint density at radius 2 is 2.08 bits per heavy atom. The summed E-state index contributed by atoms with van der Waals surface area (Å²) in [4.78, 5) is 11.0. The number of hydrogen-bond donors (Lipinski definition) is 2. The molecule has 2 aromatic heterocycles. The lowest BCUT2D eigenvalue weighted by molar-refractivity contribution is 1.27. The Labute approximate surface area is 147 Å². The molecule has 0 radical (unpaired) electrons. The van der Waals surface area contributed by atoms with E-state index in [4.69, 9.17) is 0 Å². The Kier molecular flexibility index (Phi) is 3.47. The zero-order valence-electron chi connectivity index (χ0n) is 12.9. The van der Waals surface area contributed by atoms with Crippen LogP contribution in [-0.4, -0.2) is 15.0 Å². The van der Waals surface area contributed by atoms with Crippen LogP contribution in [0.1, 0.15) is 17.0 Å². The first-order valence-corrected chi connectivity index (χ1v) is 8.28. The van der Waals surface area contributed by atoms with E-state index in [-0.39, 0.29) is 0 Å². The molecule has 0 unspecified atom stereocenters. The van der Waals surface area contributed by atoms with E-state index in [1.165, 1.54) is 0 Å². The lowest BCUT2D eigenvalue weighted by atomic mass is 10.1. The number of halogens is 1. The van der Waals surface area contributed by atoms with Gasteiger partial charge in [-0.15, -0.1) is 0 Å². The summed E-state index contributed by atoms with van der Waals surface area (Å²) in [6.07, 6.45) is 3.76. The molecule has 4 aromatic rings. The van der Waals surface area contributed by atoms with Crippen LogP contribution in [-0.2, 0) is 0 Å². The van der Waals surface area contributed by atoms with Gasteiger partial charge in [0.1, 0.15) is 11.9 Å². The third-order valence-corrected chi connectivity index (χ3v) is 4.48. The van der Waals surface area contributed by atoms with E-state index in [2.05, 4.69) is 37.0 Å². The van der Waals surface area contributed by atoms with Crippen molar-refractivity contribution >= 4 is 49.5 Å². The van der Waals surface area contributed by atoms with E-state index in [1.807, 2.05) is 55.6 Å². The van der Waals surface area contributed by atoms with E-state index in [0.29, 0.717) is 11.4 Å². The molecule has 0 aliphatic carbocycles. The van der Waals surface area contributed by atoms with Gasteiger partial charge in [-0.1, -0.05) is 22.0 Å². The second-order valence-electron chi connectivity index (χ2n) is 5.71. The highest BCUT2D eigenvalue weighted by molar-refractivity contribution is 9.10. The summed E-state index contributed by atoms with van der Waals surface area (Å²) in [7, 11) is 0. The van der Waals surface area contributed by atoms with Crippen LogP contribution in [0.4, 0.5) is 0 Å². The number of fused-ring (bicyclic) bond motifs is 2. The van der Waals surface area contributed by atoms with Gasteiger partial charge in [0.25, 0.3) is 0 Å². The van der Waals surface area contributed by atoms with Gasteiger partial charge in [0.2, 0.25) is 0 Å². The number of nitrogens with zero attached hydrogens (tertiary/aromatic N) is 2. The van der Waals surface area contributed by atoms with E-state index >= 15 is 0 Å². The molecule has 4 nitrogen and oxygen atoms in total. The third kappa shape index (κ3) is 2.51. The number of imidazole rings is 1. The number of aromatic amines is 2. The van der Waals surface area contributed by atoms with Crippen LogP contribution in [0.3, 0.4) is 0 Å². The summed E-state index contributed by atoms with van der Waals surface area (Å²) in [5.74, 6) is 0.586. The third-order valence-electron chi connectivity index (χ3n) is 3.99. The summed E-state index contributed by atoms with van der Waals surface area (Å²) in [5.41, 5.74) is 5.44. The van der Waals surface area contributed by atoms with Crippen LogP contribution in [0.2, 0.25) is 0 Å². The molecule has 4 rings (SSSR count). The van der Waals surface area contributed by atoms with Crippen molar-refractivity contribution in [3.63, 3.8) is 0 Å². The van der Waals surface area contributed by atoms with Crippen LogP contribution in [0.25, 0.3) is 33.6 Å². The van der Waals surface area contributed by atoms with Gasteiger partial charge in [-0.05, 0) is 48.9 Å². The molecule has 5 heteroatoms. The van der Waals surface area contributed by atoms with Crippen molar-refractivity contribution in [1.82, 2.24) is 15.0 Å². The maximum absolute atomic E-state index is 9.59. The van der Waals surface area contributed by atoms with E-state index < -0.39 is 0 Å². The average molecular weight is 377 g/mol. The van der Waals surface area contributed by atoms with Crippen molar-refractivity contribution in [2.75, 3.05) is 0 Å². The number of nitriles is 1. The van der Waals surface area contributed by atoms with Crippen LogP contribution in [0, 0.1) is 18.3 Å². The Morgan fingerprint density at radius 1 is 1.21 bits per heavy atom. The summed E-state index contributed by atoms with van der Waals surface area (Å²) in [6, 6.07) is 14.3. The number of benzene rings is 2. The van der Waals surface area contributed by atoms with Gasteiger partial charge < -0.3 is 9.97 Å². The number of allylic oxidation sites excluding steroid dienone is 1. The average Bonchev–Trinajstić information content (AvgIpc) is 3.15. The second kappa shape index (κ2) is 5.66. The van der Waals surface area contributed by atoms with Crippen LogP contribution in [0.15, 0.2) is 47.1 Å². The maximum Gasteiger partial charge on any atom is 0.149 e. The molecule has 0 saturated carbocycles. The fraction of sp³-hybridized carbons (Fsp3) is 0.0526. The quantitative estimate of drug-likeness (QED) is 0.473. The molecule has 0 aliphatic heterocycles. The lowest BCUT2D eigenvalue weighted by Crippen LogP contribution is -1.84. The zero-order chi connectivity index (χ0) is 16.7. The van der Waals surface area contributed by atoms with Gasteiger partial charge in [0.15, 0.2) is 0 Å². The number of hydrogen-bond acceptors (Lipinski definition) is 2. The molecule has 0 atom stereocenters. The van der Waals surface area contributed by atoms with Crippen molar-refractivity contribution in [2.24, 2.45) is 0 Å². The number of aromatic nitrogens is 3. The molecule has 0 fully saturated rings. The zero-order valence-corrected chi connectivity index (χ0v) is 14.5. The first kappa shape index (κ1) is 14.7. The SMILES string of the molecule is Cc1ccc2nc(/C(C#N)=C\c3c[nH]c4ccc(Br)cc34)[nH]c2c1. The van der Waals surface area contributed by atoms with Crippen LogP contribution >= 0.6 is 15.9 Å². The van der Waals surface area contributed by atoms with E-state index in [1.54, 1.807) is 0 Å². The minimum absolute atomic E-state index is 0.504. The van der Waals surface area contributed by atoms with Crippen molar-refractivity contribution in [3.8, 4) is 6.07 Å². The molecule has 24 heavy (non-hydrogen) atoms. The fourth-order valence-electron chi connectivity index (χ4n) is 2.79. The molecule has 0 spiro atoms. The lowest BCUT2D eigenvalue weighted by Gasteiger charge is -1.96. The molecular weight excluding hydrogens is 364 g/mol. The van der Waals surface area contributed by atoms with Gasteiger partial charge in [-0.3, -0.25) is 0 Å². The van der Waals surface area contributed by atoms with E-state index in [0.717, 1.165) is 37.5 Å². The van der Waals surface area contributed by atoms with Crippen molar-refractivity contribution in [1.29, 1.82) is 5.26 Å². The normalized spacial score (nSPS) is 12.0. The molecular formula is C19H13BrN4. The highest BCUT2D eigenvalue weighted by Gasteiger charge is 2.10. The maximum atomic E-state index is 9.59. The second-order valence-corrected chi connectivity index (χ2v) is 6.63. The Bertz CT molecular complexity index is 1140. The van der Waals surface area contributed by atoms with Crippen LogP contribution in [0.5, 0.6) is 0 Å². The molecule has 116 valence electrons. The van der Waals surface area contributed by atoms with Gasteiger partial charge in [0, 0.05) is 27.1 Å². The number of nitrogens with one attached hydrogen (secondary N) is 2. The standard InChI is InChI=1S/C19H13BrN4/c1-11-2-4-17-18(6-11)24-19(23-17)12(9-21)7-13-10-22-16-5-3-14(20)8-15(13)16/h2-8,10,22H,1H3,(H,23,24)/b12-7-. The predicted octanol–water partition coefficient (Wildman–Crippen LogP) is 5.18. The Hall–Kier alpha value is -2.84. The van der Waals surface area contributed by atoms with Gasteiger partial charge in [-0.25, -0.2) is 4.98 Å². The molecule has 0 saturated heterocycles. The first-order valence-electron chi connectivity index (χ1n) is 7.49. The van der Waals surface area contributed by atoms with Crippen molar-refractivity contribution < 1.29 is 0 Å². The largest absolute Gasteiger partial charge is 0.361 e. The minimum atomic E-state index is 0.504. The summed E-state index contributed by atoms with van der Waals surface area (Å²) >= 11 is 3.49. The highest BCUT2D eigenvalue weighted by atomic mass is 79.9. The monoisotopic (exact) mass is 376 g/mol. The number of aryl methyl sites for hydroxylation is 1. The van der Waals surface area contributed by atoms with Crippen molar-refractivity contribution in [2.45, 2.75) is 6.92 Å². The van der Waals surface area contributed by atoms with Crippen molar-refractivity contribution in [3.05, 3.63) is 64.0 Å². The minimum Gasteiger partial charge on any atom is -0.361 e. The predicted molar refractivity (Wildman–Crippen MR) is 100 cm³/mol. The Morgan fingerprint density at radius 3 is 2.92 bits per heavy atom. The summed E-state index contributed by atoms with van der Waals surface area (Å²) in [5, 5.41) is 10.6. The van der Waals surface area contributed by atoms with Gasteiger partial charge in [-0.2, -0.15) is 5.26 Å². The molecule has 2 aromatic carbocycles. The topological polar surface area (TPSA) is 68.3 Å². The van der Waals surface area contributed by atoms with Gasteiger partial charge >= 0.3 is 0 Å².